The van der Waals surface area contributed by atoms with Crippen molar-refractivity contribution in [2.75, 3.05) is 0 Å². The van der Waals surface area contributed by atoms with Gasteiger partial charge in [-0.1, -0.05) is 66.7 Å². The lowest BCUT2D eigenvalue weighted by molar-refractivity contribution is 0.00578. The number of benzene rings is 5. The topological polar surface area (TPSA) is 23.4 Å². The standard InChI is InChI=1S/C32H28BNO2/c1-31(2)32(3,4)36-33(35-31)25-14-16-29-28(20-25)27-18-23-11-7-8-12-24(23)19-30(27)34(29)26-15-13-21-9-5-6-10-22(21)17-26/h5-20H,1-4H3. The Morgan fingerprint density at radius 2 is 1.14 bits per heavy atom. The quantitative estimate of drug-likeness (QED) is 0.247. The third-order valence-corrected chi connectivity index (χ3v) is 8.17. The van der Waals surface area contributed by atoms with Gasteiger partial charge in [0.1, 0.15) is 0 Å². The van der Waals surface area contributed by atoms with Crippen LogP contribution in [0.3, 0.4) is 0 Å². The maximum absolute atomic E-state index is 6.39. The van der Waals surface area contributed by atoms with Crippen LogP contribution < -0.4 is 5.46 Å². The third-order valence-electron chi connectivity index (χ3n) is 8.17. The fraction of sp³-hybridized carbons (Fsp3) is 0.188. The van der Waals surface area contributed by atoms with E-state index in [1.165, 1.54) is 43.4 Å². The van der Waals surface area contributed by atoms with Crippen LogP contribution in [-0.2, 0) is 9.31 Å². The van der Waals surface area contributed by atoms with E-state index in [0.717, 1.165) is 11.2 Å². The summed E-state index contributed by atoms with van der Waals surface area (Å²) in [6, 6.07) is 35.1. The highest BCUT2D eigenvalue weighted by atomic mass is 16.7. The molecule has 0 amide bonds. The van der Waals surface area contributed by atoms with E-state index in [9.17, 15) is 0 Å². The van der Waals surface area contributed by atoms with Crippen molar-refractivity contribution in [3.63, 3.8) is 0 Å². The van der Waals surface area contributed by atoms with Gasteiger partial charge < -0.3 is 13.9 Å². The Morgan fingerprint density at radius 3 is 1.83 bits per heavy atom. The molecule has 0 N–H and O–H groups in total. The highest BCUT2D eigenvalue weighted by molar-refractivity contribution is 6.62. The molecule has 176 valence electrons. The summed E-state index contributed by atoms with van der Waals surface area (Å²) in [6.45, 7) is 8.40. The monoisotopic (exact) mass is 469 g/mol. The lowest BCUT2D eigenvalue weighted by Gasteiger charge is -2.32. The zero-order chi connectivity index (χ0) is 24.7. The molecule has 4 heteroatoms. The van der Waals surface area contributed by atoms with Crippen LogP contribution >= 0.6 is 0 Å². The molecule has 0 radical (unpaired) electrons. The SMILES string of the molecule is CC1(C)OB(c2ccc3c(c2)c2cc4ccccc4cc2n3-c2ccc3ccccc3c2)OC1(C)C. The Balaban J connectivity index is 1.50. The molecule has 0 bridgehead atoms. The smallest absolute Gasteiger partial charge is 0.399 e. The first-order valence-electron chi connectivity index (χ1n) is 12.6. The Hall–Kier alpha value is -3.60. The fourth-order valence-corrected chi connectivity index (χ4v) is 5.44. The summed E-state index contributed by atoms with van der Waals surface area (Å²) in [6.07, 6.45) is 0. The molecule has 1 fully saturated rings. The van der Waals surface area contributed by atoms with Gasteiger partial charge in [-0.3, -0.25) is 0 Å². The summed E-state index contributed by atoms with van der Waals surface area (Å²) in [4.78, 5) is 0. The summed E-state index contributed by atoms with van der Waals surface area (Å²) in [5.74, 6) is 0. The number of aromatic nitrogens is 1. The molecule has 6 aromatic rings. The van der Waals surface area contributed by atoms with Crippen molar-refractivity contribution in [3.8, 4) is 5.69 Å². The number of rotatable bonds is 2. The minimum absolute atomic E-state index is 0.373. The van der Waals surface area contributed by atoms with E-state index in [1.54, 1.807) is 0 Å². The maximum atomic E-state index is 6.39. The summed E-state index contributed by atoms with van der Waals surface area (Å²) in [5.41, 5.74) is 3.84. The van der Waals surface area contributed by atoms with Gasteiger partial charge in [0.2, 0.25) is 0 Å². The van der Waals surface area contributed by atoms with Crippen molar-refractivity contribution in [2.45, 2.75) is 38.9 Å². The second-order valence-electron chi connectivity index (χ2n) is 10.9. The second-order valence-corrected chi connectivity index (χ2v) is 10.9. The number of nitrogens with zero attached hydrogens (tertiary/aromatic N) is 1. The highest BCUT2D eigenvalue weighted by Gasteiger charge is 2.51. The van der Waals surface area contributed by atoms with Crippen molar-refractivity contribution in [3.05, 3.63) is 97.1 Å². The van der Waals surface area contributed by atoms with E-state index in [-0.39, 0.29) is 18.3 Å². The average Bonchev–Trinajstić information content (AvgIpc) is 3.30. The van der Waals surface area contributed by atoms with Gasteiger partial charge in [-0.15, -0.1) is 0 Å². The first-order chi connectivity index (χ1) is 17.3. The van der Waals surface area contributed by atoms with Gasteiger partial charge in [0.25, 0.3) is 0 Å². The average molecular weight is 469 g/mol. The molecule has 1 aliphatic rings. The van der Waals surface area contributed by atoms with Gasteiger partial charge in [0, 0.05) is 16.5 Å². The Kier molecular flexibility index (Phi) is 4.49. The van der Waals surface area contributed by atoms with E-state index in [1.807, 2.05) is 0 Å². The molecular weight excluding hydrogens is 441 g/mol. The molecule has 0 aliphatic carbocycles. The lowest BCUT2D eigenvalue weighted by atomic mass is 9.78. The van der Waals surface area contributed by atoms with Gasteiger partial charge in [0.05, 0.1) is 22.2 Å². The van der Waals surface area contributed by atoms with E-state index in [4.69, 9.17) is 9.31 Å². The molecule has 1 saturated heterocycles. The summed E-state index contributed by atoms with van der Waals surface area (Å²) in [5, 5.41) is 7.39. The number of fused-ring (bicyclic) bond motifs is 5. The molecule has 0 atom stereocenters. The number of hydrogen-bond donors (Lipinski definition) is 0. The molecule has 0 unspecified atom stereocenters. The molecule has 36 heavy (non-hydrogen) atoms. The maximum Gasteiger partial charge on any atom is 0.494 e. The van der Waals surface area contributed by atoms with Gasteiger partial charge in [-0.25, -0.2) is 0 Å². The van der Waals surface area contributed by atoms with Gasteiger partial charge >= 0.3 is 7.12 Å². The van der Waals surface area contributed by atoms with E-state index < -0.39 is 0 Å². The van der Waals surface area contributed by atoms with Crippen LogP contribution in [0.4, 0.5) is 0 Å². The van der Waals surface area contributed by atoms with Crippen LogP contribution in [0.1, 0.15) is 27.7 Å². The van der Waals surface area contributed by atoms with Crippen LogP contribution in [0.15, 0.2) is 97.1 Å². The predicted octanol–water partition coefficient (Wildman–Crippen LogP) is 7.39. The fourth-order valence-electron chi connectivity index (χ4n) is 5.44. The molecule has 3 nitrogen and oxygen atoms in total. The molecule has 0 saturated carbocycles. The van der Waals surface area contributed by atoms with E-state index in [0.29, 0.717) is 0 Å². The Morgan fingerprint density at radius 1 is 0.556 bits per heavy atom. The largest absolute Gasteiger partial charge is 0.494 e. The van der Waals surface area contributed by atoms with Crippen LogP contribution in [0, 0.1) is 0 Å². The van der Waals surface area contributed by atoms with Crippen molar-refractivity contribution in [1.82, 2.24) is 4.57 Å². The summed E-state index contributed by atoms with van der Waals surface area (Å²) >= 11 is 0. The Labute approximate surface area is 211 Å². The van der Waals surface area contributed by atoms with Crippen LogP contribution in [0.25, 0.3) is 49.0 Å². The zero-order valence-electron chi connectivity index (χ0n) is 21.1. The van der Waals surface area contributed by atoms with Gasteiger partial charge in [0.15, 0.2) is 0 Å². The zero-order valence-corrected chi connectivity index (χ0v) is 21.1. The molecule has 7 rings (SSSR count). The molecular formula is C32H28BNO2. The molecule has 1 aliphatic heterocycles. The Bertz CT molecular complexity index is 1800. The van der Waals surface area contributed by atoms with Crippen molar-refractivity contribution < 1.29 is 9.31 Å². The van der Waals surface area contributed by atoms with Crippen LogP contribution in [-0.4, -0.2) is 22.9 Å². The van der Waals surface area contributed by atoms with Crippen LogP contribution in [0.5, 0.6) is 0 Å². The van der Waals surface area contributed by atoms with Crippen molar-refractivity contribution in [2.24, 2.45) is 0 Å². The predicted molar refractivity (Wildman–Crippen MR) is 152 cm³/mol. The number of hydrogen-bond acceptors (Lipinski definition) is 2. The lowest BCUT2D eigenvalue weighted by Crippen LogP contribution is -2.41. The van der Waals surface area contributed by atoms with E-state index >= 15 is 0 Å². The van der Waals surface area contributed by atoms with Gasteiger partial charge in [-0.2, -0.15) is 0 Å². The molecule has 0 spiro atoms. The first kappa shape index (κ1) is 21.7. The van der Waals surface area contributed by atoms with Crippen molar-refractivity contribution in [1.29, 1.82) is 0 Å². The van der Waals surface area contributed by atoms with Gasteiger partial charge in [-0.05, 0) is 85.0 Å². The first-order valence-corrected chi connectivity index (χ1v) is 12.6. The van der Waals surface area contributed by atoms with Crippen LogP contribution in [0.2, 0.25) is 0 Å². The normalized spacial score (nSPS) is 17.1. The molecule has 2 heterocycles. The summed E-state index contributed by atoms with van der Waals surface area (Å²) < 4.78 is 15.2. The highest BCUT2D eigenvalue weighted by Crippen LogP contribution is 2.38. The summed E-state index contributed by atoms with van der Waals surface area (Å²) in [7, 11) is -0.390. The third kappa shape index (κ3) is 3.15. The molecule has 5 aromatic carbocycles. The minimum Gasteiger partial charge on any atom is -0.399 e. The minimum atomic E-state index is -0.390. The van der Waals surface area contributed by atoms with E-state index in [2.05, 4.69) is 129 Å². The molecule has 1 aromatic heterocycles. The van der Waals surface area contributed by atoms with Crippen molar-refractivity contribution >= 4 is 55.9 Å². The second kappa shape index (κ2) is 7.46.